The molecule has 0 unspecified atom stereocenters. The summed E-state index contributed by atoms with van der Waals surface area (Å²) >= 11 is 0. The first kappa shape index (κ1) is 18.6. The third-order valence-corrected chi connectivity index (χ3v) is 3.95. The van der Waals surface area contributed by atoms with Gasteiger partial charge in [0, 0.05) is 13.0 Å². The highest BCUT2D eigenvalue weighted by atomic mass is 16.4. The molecule has 2 aromatic carbocycles. The second-order valence-electron chi connectivity index (χ2n) is 5.92. The largest absolute Gasteiger partial charge is 0.480 e. The van der Waals surface area contributed by atoms with Gasteiger partial charge in [0.25, 0.3) is 0 Å². The maximum atomic E-state index is 12.2. The number of hydrogen-bond donors (Lipinski definition) is 4. The van der Waals surface area contributed by atoms with E-state index < -0.39 is 24.0 Å². The fraction of sp³-hybridized carbons (Fsp3) is 0.263. The topological polar surface area (TPSA) is 118 Å². The van der Waals surface area contributed by atoms with Crippen molar-refractivity contribution in [1.82, 2.24) is 5.32 Å². The molecule has 6 heteroatoms. The molecule has 0 bridgehead atoms. The number of carboxylic acids is 1. The van der Waals surface area contributed by atoms with E-state index >= 15 is 0 Å². The van der Waals surface area contributed by atoms with Crippen LogP contribution in [0.1, 0.15) is 16.7 Å². The summed E-state index contributed by atoms with van der Waals surface area (Å²) in [6.45, 7) is 0.424. The Kier molecular flexibility index (Phi) is 6.68. The molecular formula is C19H23N3O3. The van der Waals surface area contributed by atoms with Gasteiger partial charge in [-0.3, -0.25) is 4.79 Å². The molecule has 2 atom stereocenters. The number of aliphatic carboxylic acids is 1. The molecule has 2 aromatic rings. The monoisotopic (exact) mass is 341 g/mol. The molecule has 0 aliphatic carbocycles. The number of carbonyl (C=O) groups excluding carboxylic acids is 1. The van der Waals surface area contributed by atoms with Crippen molar-refractivity contribution in [3.05, 3.63) is 71.3 Å². The van der Waals surface area contributed by atoms with Crippen LogP contribution in [0.5, 0.6) is 0 Å². The molecule has 0 heterocycles. The van der Waals surface area contributed by atoms with Crippen molar-refractivity contribution in [2.75, 3.05) is 0 Å². The van der Waals surface area contributed by atoms with E-state index in [1.54, 1.807) is 0 Å². The van der Waals surface area contributed by atoms with Crippen LogP contribution >= 0.6 is 0 Å². The van der Waals surface area contributed by atoms with Crippen molar-refractivity contribution >= 4 is 11.9 Å². The number of nitrogens with two attached hydrogens (primary N) is 2. The van der Waals surface area contributed by atoms with Crippen LogP contribution in [0, 0.1) is 0 Å². The van der Waals surface area contributed by atoms with Crippen LogP contribution in [0.15, 0.2) is 54.6 Å². The molecule has 0 spiro atoms. The van der Waals surface area contributed by atoms with Gasteiger partial charge >= 0.3 is 5.97 Å². The molecule has 1 amide bonds. The smallest absolute Gasteiger partial charge is 0.326 e. The first-order valence-corrected chi connectivity index (χ1v) is 8.10. The summed E-state index contributed by atoms with van der Waals surface area (Å²) in [5, 5.41) is 11.9. The number of carbonyl (C=O) groups is 2. The van der Waals surface area contributed by atoms with E-state index in [1.807, 2.05) is 54.6 Å². The Morgan fingerprint density at radius 2 is 1.48 bits per heavy atom. The number of rotatable bonds is 8. The standard InChI is InChI=1S/C19H23N3O3/c20-12-15-8-6-14(7-9-15)11-17(19(24)25)22-18(23)16(21)10-13-4-2-1-3-5-13/h1-9,16-17H,10-12,20-21H2,(H,22,23)(H,24,25)/t16-,17-/m1/s1. The van der Waals surface area contributed by atoms with E-state index in [4.69, 9.17) is 11.5 Å². The first-order chi connectivity index (χ1) is 12.0. The lowest BCUT2D eigenvalue weighted by Gasteiger charge is -2.18. The highest BCUT2D eigenvalue weighted by Gasteiger charge is 2.23. The normalized spacial score (nSPS) is 13.0. The van der Waals surface area contributed by atoms with Crippen LogP contribution in [0.25, 0.3) is 0 Å². The fourth-order valence-electron chi connectivity index (χ4n) is 2.49. The number of benzene rings is 2. The number of hydrogen-bond acceptors (Lipinski definition) is 4. The molecule has 0 aliphatic heterocycles. The number of nitrogens with one attached hydrogen (secondary N) is 1. The summed E-state index contributed by atoms with van der Waals surface area (Å²) < 4.78 is 0. The van der Waals surface area contributed by atoms with Gasteiger partial charge in [-0.1, -0.05) is 54.6 Å². The highest BCUT2D eigenvalue weighted by molar-refractivity contribution is 5.87. The molecule has 0 aromatic heterocycles. The minimum absolute atomic E-state index is 0.185. The Hall–Kier alpha value is -2.70. The van der Waals surface area contributed by atoms with E-state index in [0.717, 1.165) is 16.7 Å². The average Bonchev–Trinajstić information content (AvgIpc) is 2.62. The van der Waals surface area contributed by atoms with E-state index in [1.165, 1.54) is 0 Å². The lowest BCUT2D eigenvalue weighted by atomic mass is 10.0. The van der Waals surface area contributed by atoms with Crippen LogP contribution in [0.2, 0.25) is 0 Å². The van der Waals surface area contributed by atoms with Crippen molar-refractivity contribution in [2.24, 2.45) is 11.5 Å². The van der Waals surface area contributed by atoms with Gasteiger partial charge in [0.1, 0.15) is 6.04 Å². The van der Waals surface area contributed by atoms with Crippen LogP contribution in [0.3, 0.4) is 0 Å². The second-order valence-corrected chi connectivity index (χ2v) is 5.92. The van der Waals surface area contributed by atoms with Crippen LogP contribution in [-0.2, 0) is 29.0 Å². The Labute approximate surface area is 146 Å². The summed E-state index contributed by atoms with van der Waals surface area (Å²) in [7, 11) is 0. The van der Waals surface area contributed by atoms with Gasteiger partial charge in [-0.25, -0.2) is 4.79 Å². The van der Waals surface area contributed by atoms with Crippen molar-refractivity contribution in [2.45, 2.75) is 31.5 Å². The van der Waals surface area contributed by atoms with E-state index in [0.29, 0.717) is 13.0 Å². The summed E-state index contributed by atoms with van der Waals surface area (Å²) in [5.41, 5.74) is 14.2. The zero-order chi connectivity index (χ0) is 18.2. The summed E-state index contributed by atoms with van der Waals surface area (Å²) in [5.74, 6) is -1.57. The third-order valence-electron chi connectivity index (χ3n) is 3.95. The van der Waals surface area contributed by atoms with E-state index in [9.17, 15) is 14.7 Å². The lowest BCUT2D eigenvalue weighted by Crippen LogP contribution is -2.50. The lowest BCUT2D eigenvalue weighted by molar-refractivity contribution is -0.141. The van der Waals surface area contributed by atoms with Crippen LogP contribution in [-0.4, -0.2) is 29.1 Å². The number of carboxylic acid groups (broad SMARTS) is 1. The minimum atomic E-state index is -1.09. The van der Waals surface area contributed by atoms with Crippen molar-refractivity contribution in [3.8, 4) is 0 Å². The second kappa shape index (κ2) is 8.96. The predicted molar refractivity (Wildman–Crippen MR) is 95.7 cm³/mol. The summed E-state index contributed by atoms with van der Waals surface area (Å²) in [6.07, 6.45) is 0.536. The molecule has 25 heavy (non-hydrogen) atoms. The first-order valence-electron chi connectivity index (χ1n) is 8.10. The Morgan fingerprint density at radius 1 is 0.920 bits per heavy atom. The highest BCUT2D eigenvalue weighted by Crippen LogP contribution is 2.08. The Balaban J connectivity index is 1.97. The van der Waals surface area contributed by atoms with Gasteiger partial charge in [0.15, 0.2) is 0 Å². The SMILES string of the molecule is NCc1ccc(C[C@@H](NC(=O)[C@H](N)Cc2ccccc2)C(=O)O)cc1. The predicted octanol–water partition coefficient (Wildman–Crippen LogP) is 0.827. The maximum Gasteiger partial charge on any atom is 0.326 e. The van der Waals surface area contributed by atoms with E-state index in [2.05, 4.69) is 5.32 Å². The molecule has 0 aliphatic rings. The molecule has 132 valence electrons. The molecule has 0 saturated carbocycles. The molecular weight excluding hydrogens is 318 g/mol. The Morgan fingerprint density at radius 3 is 2.04 bits per heavy atom. The van der Waals surface area contributed by atoms with Gasteiger partial charge in [0.05, 0.1) is 6.04 Å². The number of amides is 1. The van der Waals surface area contributed by atoms with Gasteiger partial charge in [-0.05, 0) is 23.1 Å². The van der Waals surface area contributed by atoms with Gasteiger partial charge < -0.3 is 21.9 Å². The van der Waals surface area contributed by atoms with Gasteiger partial charge in [-0.15, -0.1) is 0 Å². The van der Waals surface area contributed by atoms with Crippen molar-refractivity contribution in [1.29, 1.82) is 0 Å². The summed E-state index contributed by atoms with van der Waals surface area (Å²) in [6, 6.07) is 14.8. The zero-order valence-electron chi connectivity index (χ0n) is 13.9. The van der Waals surface area contributed by atoms with Crippen molar-refractivity contribution in [3.63, 3.8) is 0 Å². The zero-order valence-corrected chi connectivity index (χ0v) is 13.9. The van der Waals surface area contributed by atoms with Crippen molar-refractivity contribution < 1.29 is 14.7 Å². The van der Waals surface area contributed by atoms with E-state index in [-0.39, 0.29) is 6.42 Å². The van der Waals surface area contributed by atoms with Gasteiger partial charge in [0.2, 0.25) is 5.91 Å². The summed E-state index contributed by atoms with van der Waals surface area (Å²) in [4.78, 5) is 23.7. The average molecular weight is 341 g/mol. The fourth-order valence-corrected chi connectivity index (χ4v) is 2.49. The molecule has 6 nitrogen and oxygen atoms in total. The Bertz CT molecular complexity index is 702. The molecule has 2 rings (SSSR count). The third kappa shape index (κ3) is 5.70. The molecule has 0 fully saturated rings. The molecule has 0 saturated heterocycles. The van der Waals surface area contributed by atoms with Crippen LogP contribution < -0.4 is 16.8 Å². The minimum Gasteiger partial charge on any atom is -0.480 e. The van der Waals surface area contributed by atoms with Crippen LogP contribution in [0.4, 0.5) is 0 Å². The molecule has 6 N–H and O–H groups in total. The van der Waals surface area contributed by atoms with Gasteiger partial charge in [-0.2, -0.15) is 0 Å². The maximum absolute atomic E-state index is 12.2. The molecule has 0 radical (unpaired) electrons. The quantitative estimate of drug-likeness (QED) is 0.567.